The van der Waals surface area contributed by atoms with Gasteiger partial charge in [-0.3, -0.25) is 19.2 Å². The molecule has 2 atom stereocenters. The van der Waals surface area contributed by atoms with Crippen LogP contribution < -0.4 is 21.3 Å². The molecule has 0 radical (unpaired) electrons. The molecule has 0 aliphatic heterocycles. The molecule has 0 aliphatic carbocycles. The van der Waals surface area contributed by atoms with E-state index in [1.807, 2.05) is 0 Å². The summed E-state index contributed by atoms with van der Waals surface area (Å²) in [6.45, 7) is 10.3. The molecule has 84 heavy (non-hydrogen) atoms. The van der Waals surface area contributed by atoms with Gasteiger partial charge in [-0.1, -0.05) is 343 Å². The third kappa shape index (κ3) is 63.1. The van der Waals surface area contributed by atoms with Crippen LogP contribution in [-0.2, 0) is 19.2 Å². The van der Waals surface area contributed by atoms with E-state index >= 15 is 0 Å². The first-order valence-corrected chi connectivity index (χ1v) is 39.6. The van der Waals surface area contributed by atoms with Gasteiger partial charge in [0.25, 0.3) is 0 Å². The Labute approximate surface area is 530 Å². The zero-order valence-electron chi connectivity index (χ0n) is 56.3. The maximum Gasteiger partial charge on any atom is 0.243 e. The van der Waals surface area contributed by atoms with Gasteiger partial charge in [0.2, 0.25) is 23.6 Å². The summed E-state index contributed by atoms with van der Waals surface area (Å²) in [5.41, 5.74) is 0. The highest BCUT2D eigenvalue weighted by Crippen LogP contribution is 2.24. The van der Waals surface area contributed by atoms with Gasteiger partial charge in [-0.15, -0.1) is 0 Å². The number of hydrogen-bond donors (Lipinski definition) is 4. The van der Waals surface area contributed by atoms with Crippen molar-refractivity contribution < 1.29 is 19.2 Å². The fraction of sp³-hybridized carbons (Fsp3) is 0.892. The van der Waals surface area contributed by atoms with E-state index in [4.69, 9.17) is 0 Å². The van der Waals surface area contributed by atoms with Gasteiger partial charge in [0, 0.05) is 37.4 Å². The van der Waals surface area contributed by atoms with Crippen LogP contribution in [0.3, 0.4) is 0 Å². The molecule has 2 unspecified atom stereocenters. The maximum atomic E-state index is 13.7. The number of amides is 4. The molecule has 0 aliphatic rings. The molecule has 0 bridgehead atoms. The van der Waals surface area contributed by atoms with Crippen molar-refractivity contribution in [3.8, 4) is 0 Å². The van der Waals surface area contributed by atoms with E-state index < -0.39 is 12.1 Å². The maximum absolute atomic E-state index is 13.7. The molecule has 494 valence electrons. The zero-order valence-corrected chi connectivity index (χ0v) is 58.0. The van der Waals surface area contributed by atoms with Crippen LogP contribution >= 0.6 is 21.6 Å². The van der Waals surface area contributed by atoms with E-state index in [-0.39, 0.29) is 23.6 Å². The molecule has 0 aromatic carbocycles. The number of rotatable bonds is 69. The van der Waals surface area contributed by atoms with Gasteiger partial charge in [0.05, 0.1) is 0 Å². The minimum absolute atomic E-state index is 0.0708. The molecule has 0 aromatic heterocycles. The SMILES string of the molecule is CCCCCCCCC=CCCCCCCCC(=O)NC(CSSCC(NC(=O)CCCCCCCC=CCCCCCCCC)C(=O)NCCCCCCCCCCCCCCCC)C(=O)NCCCCCCCCCCCCCCCC. The van der Waals surface area contributed by atoms with Crippen molar-refractivity contribution in [1.29, 1.82) is 0 Å². The van der Waals surface area contributed by atoms with Crippen molar-refractivity contribution in [2.45, 2.75) is 399 Å². The first kappa shape index (κ1) is 82.1. The fourth-order valence-corrected chi connectivity index (χ4v) is 13.5. The molecule has 0 saturated carbocycles. The van der Waals surface area contributed by atoms with Crippen LogP contribution in [0, 0.1) is 0 Å². The summed E-state index contributed by atoms with van der Waals surface area (Å²) in [6.07, 6.45) is 77.9. The van der Waals surface area contributed by atoms with E-state index in [2.05, 4.69) is 73.3 Å². The Morgan fingerprint density at radius 1 is 0.274 bits per heavy atom. The van der Waals surface area contributed by atoms with Crippen LogP contribution in [0.4, 0.5) is 0 Å². The monoisotopic (exact) mass is 1220 g/mol. The van der Waals surface area contributed by atoms with E-state index in [1.165, 1.54) is 291 Å². The van der Waals surface area contributed by atoms with E-state index in [0.717, 1.165) is 77.0 Å². The summed E-state index contributed by atoms with van der Waals surface area (Å²) in [6, 6.07) is -1.32. The predicted molar refractivity (Wildman–Crippen MR) is 374 cm³/mol. The number of nitrogens with one attached hydrogen (secondary N) is 4. The average Bonchev–Trinajstić information content (AvgIpc) is 3.49. The lowest BCUT2D eigenvalue weighted by atomic mass is 10.0. The van der Waals surface area contributed by atoms with Crippen LogP contribution in [0.2, 0.25) is 0 Å². The number of allylic oxidation sites excluding steroid dienone is 4. The largest absolute Gasteiger partial charge is 0.354 e. The van der Waals surface area contributed by atoms with E-state index in [9.17, 15) is 19.2 Å². The minimum atomic E-state index is -0.659. The van der Waals surface area contributed by atoms with Gasteiger partial charge in [-0.2, -0.15) is 0 Å². The van der Waals surface area contributed by atoms with Gasteiger partial charge in [-0.25, -0.2) is 0 Å². The van der Waals surface area contributed by atoms with E-state index in [1.54, 1.807) is 0 Å². The van der Waals surface area contributed by atoms with Crippen molar-refractivity contribution in [3.63, 3.8) is 0 Å². The Balaban J connectivity index is 5.22. The highest BCUT2D eigenvalue weighted by atomic mass is 33.1. The molecule has 4 N–H and O–H groups in total. The highest BCUT2D eigenvalue weighted by Gasteiger charge is 2.24. The second-order valence-electron chi connectivity index (χ2n) is 25.3. The summed E-state index contributed by atoms with van der Waals surface area (Å²) >= 11 is 0. The summed E-state index contributed by atoms with van der Waals surface area (Å²) in [5, 5.41) is 12.5. The number of unbranched alkanes of at least 4 members (excludes halogenated alkanes) is 48. The van der Waals surface area contributed by atoms with Crippen molar-refractivity contribution in [1.82, 2.24) is 21.3 Å². The minimum Gasteiger partial charge on any atom is -0.354 e. The standard InChI is InChI=1S/C74H142N4O4S2/c1-5-9-13-17-21-25-29-33-37-39-43-47-51-55-59-63-71(79)77-69(73(81)75-65-61-57-53-49-45-41-35-31-27-23-19-15-11-7-3)67-83-84-68-70(74(82)76-66-62-58-54-50-46-42-36-32-28-24-20-16-12-8-4)78-72(80)64-60-56-52-48-44-40-38-34-30-26-22-18-14-10-6-2/h33-34,37-38,69-70H,5-32,35-36,39-68H2,1-4H3,(H,75,81)(H,76,82)(H,77,79)(H,78,80). The highest BCUT2D eigenvalue weighted by molar-refractivity contribution is 8.76. The normalized spacial score (nSPS) is 12.4. The molecule has 0 rings (SSSR count). The van der Waals surface area contributed by atoms with E-state index in [0.29, 0.717) is 37.4 Å². The van der Waals surface area contributed by atoms with Crippen molar-refractivity contribution in [2.24, 2.45) is 0 Å². The first-order chi connectivity index (χ1) is 41.4. The number of hydrogen-bond acceptors (Lipinski definition) is 6. The molecule has 0 aromatic rings. The molecule has 0 heterocycles. The van der Waals surface area contributed by atoms with Crippen molar-refractivity contribution in [3.05, 3.63) is 24.3 Å². The molecule has 0 spiro atoms. The summed E-state index contributed by atoms with van der Waals surface area (Å²) in [7, 11) is 3.01. The van der Waals surface area contributed by atoms with Crippen LogP contribution in [-0.4, -0.2) is 60.3 Å². The molecular weight excluding hydrogens is 1070 g/mol. The van der Waals surface area contributed by atoms with Crippen LogP contribution in [0.1, 0.15) is 387 Å². The second kappa shape index (κ2) is 70.2. The average molecular weight is 1220 g/mol. The van der Waals surface area contributed by atoms with Crippen LogP contribution in [0.25, 0.3) is 0 Å². The topological polar surface area (TPSA) is 116 Å². The molecule has 8 nitrogen and oxygen atoms in total. The molecule has 0 saturated heterocycles. The lowest BCUT2D eigenvalue weighted by Crippen LogP contribution is -2.49. The smallest absolute Gasteiger partial charge is 0.243 e. The Bertz CT molecular complexity index is 1360. The number of carbonyl (C=O) groups excluding carboxylic acids is 4. The van der Waals surface area contributed by atoms with Gasteiger partial charge >= 0.3 is 0 Å². The molecule has 0 fully saturated rings. The van der Waals surface area contributed by atoms with Gasteiger partial charge in [-0.05, 0) is 77.0 Å². The van der Waals surface area contributed by atoms with Crippen LogP contribution in [0.5, 0.6) is 0 Å². The third-order valence-electron chi connectivity index (χ3n) is 16.8. The molecule has 10 heteroatoms. The molecule has 4 amide bonds. The van der Waals surface area contributed by atoms with Gasteiger partial charge < -0.3 is 21.3 Å². The van der Waals surface area contributed by atoms with Crippen molar-refractivity contribution in [2.75, 3.05) is 24.6 Å². The summed E-state index contributed by atoms with van der Waals surface area (Å²) < 4.78 is 0. The summed E-state index contributed by atoms with van der Waals surface area (Å²) in [4.78, 5) is 54.2. The first-order valence-electron chi connectivity index (χ1n) is 37.1. The Morgan fingerprint density at radius 3 is 0.714 bits per heavy atom. The number of carbonyl (C=O) groups is 4. The second-order valence-corrected chi connectivity index (χ2v) is 27.8. The summed E-state index contributed by atoms with van der Waals surface area (Å²) in [5.74, 6) is 0.377. The fourth-order valence-electron chi connectivity index (χ4n) is 11.2. The van der Waals surface area contributed by atoms with Crippen LogP contribution in [0.15, 0.2) is 24.3 Å². The lowest BCUT2D eigenvalue weighted by Gasteiger charge is -2.20. The van der Waals surface area contributed by atoms with Crippen molar-refractivity contribution >= 4 is 45.2 Å². The molecular formula is C74H142N4O4S2. The van der Waals surface area contributed by atoms with Gasteiger partial charge in [0.1, 0.15) is 12.1 Å². The van der Waals surface area contributed by atoms with Gasteiger partial charge in [0.15, 0.2) is 0 Å². The third-order valence-corrected chi connectivity index (χ3v) is 19.3. The Kier molecular flexibility index (Phi) is 68.5. The predicted octanol–water partition coefficient (Wildman–Crippen LogP) is 22.6. The Hall–Kier alpha value is -1.94. The quantitative estimate of drug-likeness (QED) is 0.0274. The Morgan fingerprint density at radius 2 is 0.476 bits per heavy atom. The lowest BCUT2D eigenvalue weighted by molar-refractivity contribution is -0.128. The zero-order chi connectivity index (χ0) is 61.0.